The first-order chi connectivity index (χ1) is 13.3. The monoisotopic (exact) mass is 359 g/mol. The molecule has 7 heteroatoms. The van der Waals surface area contributed by atoms with E-state index >= 15 is 0 Å². The first-order valence-electron chi connectivity index (χ1n) is 8.67. The minimum Gasteiger partial charge on any atom is -0.454 e. The molecule has 5 rings (SSSR count). The Morgan fingerprint density at radius 1 is 1.00 bits per heavy atom. The number of ether oxygens (including phenoxy) is 2. The SMILES string of the molecule is Nc1ncnc2c1N=C(c1ccc3c(c1)OCO3)CC(c1ccccc1)N2. The fourth-order valence-electron chi connectivity index (χ4n) is 3.34. The molecule has 27 heavy (non-hydrogen) atoms. The standard InChI is InChI=1S/C20H17N5O2/c21-19-18-20(23-10-22-19)25-14(12-4-2-1-3-5-12)9-15(24-18)13-6-7-16-17(8-13)27-11-26-16/h1-8,10,14H,9,11H2,(H3,21,22,23,25). The molecule has 3 aromatic rings. The Balaban J connectivity index is 1.63. The number of rotatable bonds is 2. The van der Waals surface area contributed by atoms with Gasteiger partial charge in [0.1, 0.15) is 12.0 Å². The molecular formula is C20H17N5O2. The van der Waals surface area contributed by atoms with Crippen LogP contribution in [-0.4, -0.2) is 22.5 Å². The Kier molecular flexibility index (Phi) is 3.64. The van der Waals surface area contributed by atoms with Crippen LogP contribution in [0.25, 0.3) is 0 Å². The zero-order valence-electron chi connectivity index (χ0n) is 14.4. The summed E-state index contributed by atoms with van der Waals surface area (Å²) in [5, 5.41) is 3.47. The zero-order valence-corrected chi connectivity index (χ0v) is 14.4. The summed E-state index contributed by atoms with van der Waals surface area (Å²) in [7, 11) is 0. The molecule has 0 amide bonds. The van der Waals surface area contributed by atoms with Crippen LogP contribution in [0.5, 0.6) is 11.5 Å². The van der Waals surface area contributed by atoms with Crippen LogP contribution in [0.3, 0.4) is 0 Å². The second kappa shape index (κ2) is 6.28. The van der Waals surface area contributed by atoms with Crippen molar-refractivity contribution in [2.24, 2.45) is 4.99 Å². The summed E-state index contributed by atoms with van der Waals surface area (Å²) in [6.45, 7) is 0.239. The van der Waals surface area contributed by atoms with Gasteiger partial charge in [-0.2, -0.15) is 0 Å². The molecule has 0 saturated heterocycles. The maximum absolute atomic E-state index is 6.08. The molecule has 3 N–H and O–H groups in total. The number of hydrogen-bond donors (Lipinski definition) is 2. The van der Waals surface area contributed by atoms with Gasteiger partial charge in [0, 0.05) is 6.42 Å². The number of nitrogen functional groups attached to an aromatic ring is 1. The predicted molar refractivity (Wildman–Crippen MR) is 103 cm³/mol. The van der Waals surface area contributed by atoms with Crippen LogP contribution in [0.1, 0.15) is 23.6 Å². The highest BCUT2D eigenvalue weighted by molar-refractivity contribution is 6.05. The fraction of sp³-hybridized carbons (Fsp3) is 0.150. The van der Waals surface area contributed by atoms with E-state index in [9.17, 15) is 0 Å². The van der Waals surface area contributed by atoms with Gasteiger partial charge in [0.2, 0.25) is 6.79 Å². The Morgan fingerprint density at radius 3 is 2.74 bits per heavy atom. The Hall–Kier alpha value is -3.61. The number of benzene rings is 2. The largest absolute Gasteiger partial charge is 0.454 e. The van der Waals surface area contributed by atoms with Crippen molar-refractivity contribution in [1.29, 1.82) is 0 Å². The summed E-state index contributed by atoms with van der Waals surface area (Å²) in [5.74, 6) is 2.45. The topological polar surface area (TPSA) is 94.7 Å². The number of hydrogen-bond acceptors (Lipinski definition) is 7. The number of aromatic nitrogens is 2. The van der Waals surface area contributed by atoms with Gasteiger partial charge in [-0.1, -0.05) is 30.3 Å². The van der Waals surface area contributed by atoms with E-state index in [1.54, 1.807) is 0 Å². The predicted octanol–water partition coefficient (Wildman–Crippen LogP) is 3.47. The quantitative estimate of drug-likeness (QED) is 0.728. The Labute approximate surface area is 155 Å². The van der Waals surface area contributed by atoms with Gasteiger partial charge in [-0.15, -0.1) is 0 Å². The molecule has 0 saturated carbocycles. The smallest absolute Gasteiger partial charge is 0.231 e. The molecule has 0 fully saturated rings. The van der Waals surface area contributed by atoms with Crippen molar-refractivity contribution in [3.05, 3.63) is 66.0 Å². The highest BCUT2D eigenvalue weighted by Crippen LogP contribution is 2.38. The van der Waals surface area contributed by atoms with E-state index in [0.717, 1.165) is 28.3 Å². The number of nitrogens with two attached hydrogens (primary N) is 1. The molecular weight excluding hydrogens is 342 g/mol. The molecule has 1 unspecified atom stereocenters. The van der Waals surface area contributed by atoms with Crippen LogP contribution < -0.4 is 20.5 Å². The molecule has 1 atom stereocenters. The molecule has 2 aromatic carbocycles. The Morgan fingerprint density at radius 2 is 1.85 bits per heavy atom. The lowest BCUT2D eigenvalue weighted by Crippen LogP contribution is -2.15. The molecule has 1 aromatic heterocycles. The van der Waals surface area contributed by atoms with E-state index in [1.807, 2.05) is 36.4 Å². The van der Waals surface area contributed by atoms with E-state index in [2.05, 4.69) is 27.4 Å². The van der Waals surface area contributed by atoms with E-state index in [1.165, 1.54) is 6.33 Å². The average molecular weight is 359 g/mol. The van der Waals surface area contributed by atoms with Gasteiger partial charge in [-0.05, 0) is 29.3 Å². The van der Waals surface area contributed by atoms with Crippen molar-refractivity contribution in [3.8, 4) is 11.5 Å². The van der Waals surface area contributed by atoms with Gasteiger partial charge < -0.3 is 20.5 Å². The molecule has 2 aliphatic heterocycles. The number of nitrogens with zero attached hydrogens (tertiary/aromatic N) is 3. The molecule has 3 heterocycles. The summed E-state index contributed by atoms with van der Waals surface area (Å²) in [5.41, 5.74) is 9.63. The van der Waals surface area contributed by atoms with Crippen molar-refractivity contribution in [2.75, 3.05) is 17.8 Å². The Bertz CT molecular complexity index is 1040. The molecule has 7 nitrogen and oxygen atoms in total. The summed E-state index contributed by atoms with van der Waals surface area (Å²) >= 11 is 0. The zero-order chi connectivity index (χ0) is 18.2. The van der Waals surface area contributed by atoms with Gasteiger partial charge in [-0.25, -0.2) is 15.0 Å². The maximum Gasteiger partial charge on any atom is 0.231 e. The minimum absolute atomic E-state index is 0.00548. The van der Waals surface area contributed by atoms with E-state index in [-0.39, 0.29) is 12.8 Å². The summed E-state index contributed by atoms with van der Waals surface area (Å²) in [6, 6.07) is 16.1. The molecule has 0 bridgehead atoms. The minimum atomic E-state index is 0.00548. The number of nitrogens with one attached hydrogen (secondary N) is 1. The third-order valence-corrected chi connectivity index (χ3v) is 4.71. The number of fused-ring (bicyclic) bond motifs is 2. The third kappa shape index (κ3) is 2.83. The van der Waals surface area contributed by atoms with Crippen LogP contribution in [0.15, 0.2) is 59.9 Å². The number of aliphatic imine (C=N–C) groups is 1. The van der Waals surface area contributed by atoms with Gasteiger partial charge in [0.25, 0.3) is 0 Å². The van der Waals surface area contributed by atoms with Crippen molar-refractivity contribution in [2.45, 2.75) is 12.5 Å². The lowest BCUT2D eigenvalue weighted by atomic mass is 9.97. The highest BCUT2D eigenvalue weighted by Gasteiger charge is 2.24. The van der Waals surface area contributed by atoms with Crippen LogP contribution in [0.2, 0.25) is 0 Å². The molecule has 2 aliphatic rings. The van der Waals surface area contributed by atoms with Gasteiger partial charge in [0.15, 0.2) is 23.1 Å². The lowest BCUT2D eigenvalue weighted by molar-refractivity contribution is 0.174. The van der Waals surface area contributed by atoms with E-state index in [0.29, 0.717) is 23.7 Å². The van der Waals surface area contributed by atoms with Crippen molar-refractivity contribution >= 4 is 23.0 Å². The van der Waals surface area contributed by atoms with Crippen LogP contribution in [0, 0.1) is 0 Å². The van der Waals surface area contributed by atoms with Crippen LogP contribution in [-0.2, 0) is 0 Å². The average Bonchev–Trinajstić information content (AvgIpc) is 3.08. The molecule has 134 valence electrons. The second-order valence-electron chi connectivity index (χ2n) is 6.39. The van der Waals surface area contributed by atoms with E-state index in [4.69, 9.17) is 20.2 Å². The molecule has 0 radical (unpaired) electrons. The van der Waals surface area contributed by atoms with Gasteiger partial charge in [0.05, 0.1) is 11.8 Å². The highest BCUT2D eigenvalue weighted by atomic mass is 16.7. The first-order valence-corrected chi connectivity index (χ1v) is 8.67. The van der Waals surface area contributed by atoms with Crippen molar-refractivity contribution in [1.82, 2.24) is 9.97 Å². The van der Waals surface area contributed by atoms with Crippen molar-refractivity contribution < 1.29 is 9.47 Å². The summed E-state index contributed by atoms with van der Waals surface area (Å²) in [6.07, 6.45) is 2.11. The summed E-state index contributed by atoms with van der Waals surface area (Å²) in [4.78, 5) is 13.3. The van der Waals surface area contributed by atoms with E-state index < -0.39 is 0 Å². The van der Waals surface area contributed by atoms with Gasteiger partial charge in [-0.3, -0.25) is 0 Å². The molecule has 0 aliphatic carbocycles. The first kappa shape index (κ1) is 15.6. The third-order valence-electron chi connectivity index (χ3n) is 4.71. The van der Waals surface area contributed by atoms with Gasteiger partial charge >= 0.3 is 0 Å². The van der Waals surface area contributed by atoms with Crippen molar-refractivity contribution in [3.63, 3.8) is 0 Å². The second-order valence-corrected chi connectivity index (χ2v) is 6.39. The maximum atomic E-state index is 6.08. The fourth-order valence-corrected chi connectivity index (χ4v) is 3.34. The normalized spacial score (nSPS) is 17.5. The number of anilines is 2. The molecule has 0 spiro atoms. The van der Waals surface area contributed by atoms with Crippen LogP contribution >= 0.6 is 0 Å². The van der Waals surface area contributed by atoms with Crippen LogP contribution in [0.4, 0.5) is 17.3 Å². The lowest BCUT2D eigenvalue weighted by Gasteiger charge is -2.18. The summed E-state index contributed by atoms with van der Waals surface area (Å²) < 4.78 is 10.9.